The zero-order valence-corrected chi connectivity index (χ0v) is 11.5. The summed E-state index contributed by atoms with van der Waals surface area (Å²) in [4.78, 5) is 15.6. The summed E-state index contributed by atoms with van der Waals surface area (Å²) in [5.41, 5.74) is 0.769. The molecule has 0 aliphatic rings. The summed E-state index contributed by atoms with van der Waals surface area (Å²) < 4.78 is 17.6. The largest absolute Gasteiger partial charge is 0.465 e. The Bertz CT molecular complexity index is 603. The molecule has 0 saturated heterocycles. The van der Waals surface area contributed by atoms with Crippen molar-refractivity contribution in [2.24, 2.45) is 0 Å². The van der Waals surface area contributed by atoms with E-state index in [4.69, 9.17) is 11.6 Å². The summed E-state index contributed by atoms with van der Waals surface area (Å²) in [5.74, 6) is -0.826. The van der Waals surface area contributed by atoms with Gasteiger partial charge >= 0.3 is 5.97 Å². The number of aromatic nitrogens is 1. The first-order chi connectivity index (χ1) is 9.10. The molecule has 0 radical (unpaired) electrons. The fourth-order valence-corrected chi connectivity index (χ4v) is 2.52. The Morgan fingerprint density at radius 1 is 1.58 bits per heavy atom. The Kier molecular flexibility index (Phi) is 4.34. The number of nitrogens with zero attached hydrogens (tertiary/aromatic N) is 1. The van der Waals surface area contributed by atoms with Gasteiger partial charge in [0.25, 0.3) is 0 Å². The molecule has 100 valence electrons. The number of esters is 1. The van der Waals surface area contributed by atoms with E-state index in [-0.39, 0.29) is 15.8 Å². The number of hydrogen-bond acceptors (Lipinski definition) is 5. The van der Waals surface area contributed by atoms with Crippen LogP contribution in [0.5, 0.6) is 0 Å². The number of halogens is 2. The van der Waals surface area contributed by atoms with Gasteiger partial charge in [-0.05, 0) is 17.7 Å². The third kappa shape index (κ3) is 3.42. The van der Waals surface area contributed by atoms with Gasteiger partial charge in [-0.1, -0.05) is 35.1 Å². The number of carbonyl (C=O) groups excluding carboxylic acids is 1. The number of carbonyl (C=O) groups is 1. The highest BCUT2D eigenvalue weighted by Crippen LogP contribution is 2.27. The minimum Gasteiger partial charge on any atom is -0.465 e. The van der Waals surface area contributed by atoms with Crippen LogP contribution in [0.25, 0.3) is 0 Å². The molecule has 4 nitrogen and oxygen atoms in total. The van der Waals surface area contributed by atoms with Crippen molar-refractivity contribution in [3.05, 3.63) is 45.7 Å². The summed E-state index contributed by atoms with van der Waals surface area (Å²) in [5, 5.41) is 3.55. The van der Waals surface area contributed by atoms with E-state index in [1.807, 2.05) is 0 Å². The Morgan fingerprint density at radius 2 is 2.37 bits per heavy atom. The summed E-state index contributed by atoms with van der Waals surface area (Å²) in [7, 11) is 1.28. The first-order valence-corrected chi connectivity index (χ1v) is 6.52. The van der Waals surface area contributed by atoms with E-state index in [0.29, 0.717) is 11.7 Å². The van der Waals surface area contributed by atoms with Crippen molar-refractivity contribution in [2.45, 2.75) is 6.54 Å². The average molecular weight is 301 g/mol. The molecule has 0 aliphatic heterocycles. The second-order valence-corrected chi connectivity index (χ2v) is 4.97. The molecule has 0 unspecified atom stereocenters. The zero-order chi connectivity index (χ0) is 13.8. The van der Waals surface area contributed by atoms with Crippen molar-refractivity contribution in [3.63, 3.8) is 0 Å². The van der Waals surface area contributed by atoms with Gasteiger partial charge in [-0.3, -0.25) is 0 Å². The predicted molar refractivity (Wildman–Crippen MR) is 72.2 cm³/mol. The Hall–Kier alpha value is -1.66. The maximum Gasteiger partial charge on any atom is 0.351 e. The Morgan fingerprint density at radius 3 is 3.05 bits per heavy atom. The lowest BCUT2D eigenvalue weighted by atomic mass is 10.2. The topological polar surface area (TPSA) is 51.2 Å². The summed E-state index contributed by atoms with van der Waals surface area (Å²) in [6.07, 6.45) is 0. The number of benzene rings is 1. The molecule has 7 heteroatoms. The average Bonchev–Trinajstić information content (AvgIpc) is 2.77. The fraction of sp³-hybridized carbons (Fsp3) is 0.167. The SMILES string of the molecule is COC(=O)c1sc(NCc2cccc(F)c2)nc1Cl. The van der Waals surface area contributed by atoms with Crippen molar-refractivity contribution >= 4 is 34.0 Å². The lowest BCUT2D eigenvalue weighted by Crippen LogP contribution is -1.99. The van der Waals surface area contributed by atoms with Gasteiger partial charge in [0, 0.05) is 6.54 Å². The second-order valence-electron chi connectivity index (χ2n) is 3.61. The molecule has 2 aromatic rings. The highest BCUT2D eigenvalue weighted by Gasteiger charge is 2.17. The summed E-state index contributed by atoms with van der Waals surface area (Å²) in [6, 6.07) is 6.20. The van der Waals surface area contributed by atoms with Crippen LogP contribution in [-0.2, 0) is 11.3 Å². The molecule has 0 saturated carbocycles. The minimum absolute atomic E-state index is 0.0959. The monoisotopic (exact) mass is 300 g/mol. The molecule has 0 aliphatic carbocycles. The highest BCUT2D eigenvalue weighted by molar-refractivity contribution is 7.18. The van der Waals surface area contributed by atoms with Crippen LogP contribution in [0.1, 0.15) is 15.2 Å². The first kappa shape index (κ1) is 13.8. The van der Waals surface area contributed by atoms with Crippen LogP contribution < -0.4 is 5.32 Å². The molecule has 0 atom stereocenters. The van der Waals surface area contributed by atoms with Gasteiger partial charge in [0.2, 0.25) is 0 Å². The second kappa shape index (κ2) is 5.99. The molecule has 1 aromatic carbocycles. The van der Waals surface area contributed by atoms with Crippen LogP contribution in [0.2, 0.25) is 5.15 Å². The van der Waals surface area contributed by atoms with Crippen molar-refractivity contribution in [2.75, 3.05) is 12.4 Å². The third-order valence-electron chi connectivity index (χ3n) is 2.29. The van der Waals surface area contributed by atoms with Gasteiger partial charge in [0.05, 0.1) is 7.11 Å². The number of thiazole rings is 1. The molecule has 1 N–H and O–H groups in total. The molecular weight excluding hydrogens is 291 g/mol. The van der Waals surface area contributed by atoms with Crippen LogP contribution in [-0.4, -0.2) is 18.1 Å². The van der Waals surface area contributed by atoms with Crippen molar-refractivity contribution in [1.82, 2.24) is 4.98 Å². The lowest BCUT2D eigenvalue weighted by molar-refractivity contribution is 0.0606. The van der Waals surface area contributed by atoms with Gasteiger partial charge in [-0.15, -0.1) is 0 Å². The molecule has 19 heavy (non-hydrogen) atoms. The van der Waals surface area contributed by atoms with E-state index >= 15 is 0 Å². The van der Waals surface area contributed by atoms with Crippen molar-refractivity contribution < 1.29 is 13.9 Å². The minimum atomic E-state index is -0.527. The number of nitrogens with one attached hydrogen (secondary N) is 1. The van der Waals surface area contributed by atoms with Gasteiger partial charge in [-0.25, -0.2) is 14.2 Å². The number of methoxy groups -OCH3 is 1. The van der Waals surface area contributed by atoms with Crippen LogP contribution in [0.3, 0.4) is 0 Å². The molecule has 0 fully saturated rings. The predicted octanol–water partition coefficient (Wildman–Crippen LogP) is 3.33. The van der Waals surface area contributed by atoms with E-state index in [2.05, 4.69) is 15.0 Å². The highest BCUT2D eigenvalue weighted by atomic mass is 35.5. The first-order valence-electron chi connectivity index (χ1n) is 5.33. The van der Waals surface area contributed by atoms with Crippen LogP contribution in [0.15, 0.2) is 24.3 Å². The number of anilines is 1. The van der Waals surface area contributed by atoms with Crippen LogP contribution in [0.4, 0.5) is 9.52 Å². The summed E-state index contributed by atoms with van der Waals surface area (Å²) in [6.45, 7) is 0.391. The Labute approximate surface area is 118 Å². The number of hydrogen-bond donors (Lipinski definition) is 1. The van der Waals surface area contributed by atoms with E-state index in [9.17, 15) is 9.18 Å². The molecule has 1 heterocycles. The van der Waals surface area contributed by atoms with Gasteiger partial charge in [-0.2, -0.15) is 0 Å². The molecule has 2 rings (SSSR count). The smallest absolute Gasteiger partial charge is 0.351 e. The molecule has 0 spiro atoms. The van der Waals surface area contributed by atoms with Gasteiger partial charge < -0.3 is 10.1 Å². The quantitative estimate of drug-likeness (QED) is 0.880. The van der Waals surface area contributed by atoms with Gasteiger partial charge in [0.15, 0.2) is 15.2 Å². The molecular formula is C12H10ClFN2O2S. The summed E-state index contributed by atoms with van der Waals surface area (Å²) >= 11 is 6.92. The standard InChI is InChI=1S/C12H10ClFN2O2S/c1-18-11(17)9-10(13)16-12(19-9)15-6-7-3-2-4-8(14)5-7/h2-5H,6H2,1H3,(H,15,16). The van der Waals surface area contributed by atoms with E-state index in [1.165, 1.54) is 19.2 Å². The fourth-order valence-electron chi connectivity index (χ4n) is 1.42. The molecule has 0 bridgehead atoms. The zero-order valence-electron chi connectivity index (χ0n) is 9.94. The lowest BCUT2D eigenvalue weighted by Gasteiger charge is -2.02. The van der Waals surface area contributed by atoms with E-state index in [1.54, 1.807) is 12.1 Å². The van der Waals surface area contributed by atoms with E-state index in [0.717, 1.165) is 16.9 Å². The van der Waals surface area contributed by atoms with Crippen LogP contribution >= 0.6 is 22.9 Å². The maximum atomic E-state index is 13.0. The molecule has 0 amide bonds. The maximum absolute atomic E-state index is 13.0. The van der Waals surface area contributed by atoms with Gasteiger partial charge in [0.1, 0.15) is 5.82 Å². The van der Waals surface area contributed by atoms with Crippen molar-refractivity contribution in [1.29, 1.82) is 0 Å². The number of rotatable bonds is 4. The molecule has 1 aromatic heterocycles. The van der Waals surface area contributed by atoms with Crippen molar-refractivity contribution in [3.8, 4) is 0 Å². The normalized spacial score (nSPS) is 10.3. The Balaban J connectivity index is 2.06. The third-order valence-corrected chi connectivity index (χ3v) is 3.67. The van der Waals surface area contributed by atoms with Crippen LogP contribution in [0, 0.1) is 5.82 Å². The van der Waals surface area contributed by atoms with E-state index < -0.39 is 5.97 Å². The number of ether oxygens (including phenoxy) is 1.